The Morgan fingerprint density at radius 3 is 2.35 bits per heavy atom. The summed E-state index contributed by atoms with van der Waals surface area (Å²) in [5, 5.41) is 5.81. The van der Waals surface area contributed by atoms with Crippen LogP contribution in [-0.4, -0.2) is 17.6 Å². The van der Waals surface area contributed by atoms with Gasteiger partial charge in [0.15, 0.2) is 5.11 Å². The monoisotopic (exact) mass is 385 g/mol. The fourth-order valence-electron chi connectivity index (χ4n) is 2.23. The average Bonchev–Trinajstić information content (AvgIpc) is 2.55. The number of rotatable bonds is 5. The van der Waals surface area contributed by atoms with Gasteiger partial charge in [0.1, 0.15) is 5.82 Å². The molecule has 1 amide bonds. The summed E-state index contributed by atoms with van der Waals surface area (Å²) in [6.07, 6.45) is -4.62. The molecule has 2 aromatic rings. The first kappa shape index (κ1) is 19.6. The van der Waals surface area contributed by atoms with Crippen LogP contribution in [0, 0.1) is 5.82 Å². The van der Waals surface area contributed by atoms with Crippen LogP contribution in [-0.2, 0) is 12.6 Å². The molecule has 0 saturated carbocycles. The molecule has 4 N–H and O–H groups in total. The molecular weight excluding hydrogens is 370 g/mol. The van der Waals surface area contributed by atoms with E-state index in [4.69, 9.17) is 18.0 Å². The summed E-state index contributed by atoms with van der Waals surface area (Å²) < 4.78 is 51.9. The maximum atomic E-state index is 13.1. The van der Waals surface area contributed by atoms with Gasteiger partial charge >= 0.3 is 6.18 Å². The van der Waals surface area contributed by atoms with E-state index in [0.717, 1.165) is 12.1 Å². The highest BCUT2D eigenvalue weighted by atomic mass is 32.1. The van der Waals surface area contributed by atoms with Crippen LogP contribution in [0.25, 0.3) is 0 Å². The van der Waals surface area contributed by atoms with Gasteiger partial charge in [-0.15, -0.1) is 0 Å². The number of carbonyl (C=O) groups excluding carboxylic acids is 1. The molecule has 0 radical (unpaired) electrons. The zero-order chi connectivity index (χ0) is 19.3. The molecule has 0 atom stereocenters. The van der Waals surface area contributed by atoms with Crippen molar-refractivity contribution in [2.75, 3.05) is 11.9 Å². The molecule has 0 bridgehead atoms. The molecule has 0 saturated heterocycles. The SMILES string of the molecule is NC(=O)c1ccc(NC(=S)NCCc2ccc(F)cc2C(F)(F)F)cc1. The van der Waals surface area contributed by atoms with E-state index in [1.165, 1.54) is 12.1 Å². The van der Waals surface area contributed by atoms with E-state index in [1.54, 1.807) is 12.1 Å². The normalized spacial score (nSPS) is 11.1. The highest BCUT2D eigenvalue weighted by molar-refractivity contribution is 7.80. The second kappa shape index (κ2) is 8.13. The fourth-order valence-corrected chi connectivity index (χ4v) is 2.45. The van der Waals surface area contributed by atoms with Gasteiger partial charge in [-0.2, -0.15) is 13.2 Å². The van der Waals surface area contributed by atoms with Crippen LogP contribution in [0.2, 0.25) is 0 Å². The third kappa shape index (κ3) is 5.41. The van der Waals surface area contributed by atoms with E-state index in [0.29, 0.717) is 17.3 Å². The number of alkyl halides is 3. The number of halogens is 4. The Labute approximate surface area is 152 Å². The highest BCUT2D eigenvalue weighted by Crippen LogP contribution is 2.32. The van der Waals surface area contributed by atoms with Crippen LogP contribution in [0.4, 0.5) is 23.2 Å². The van der Waals surface area contributed by atoms with Crippen molar-refractivity contribution in [3.05, 3.63) is 65.0 Å². The Kier molecular flexibility index (Phi) is 6.14. The zero-order valence-corrected chi connectivity index (χ0v) is 14.2. The van der Waals surface area contributed by atoms with Gasteiger partial charge in [0.05, 0.1) is 5.56 Å². The van der Waals surface area contributed by atoms with Gasteiger partial charge in [0.25, 0.3) is 0 Å². The number of benzene rings is 2. The third-order valence-electron chi connectivity index (χ3n) is 3.48. The number of carbonyl (C=O) groups is 1. The minimum atomic E-state index is -4.63. The van der Waals surface area contributed by atoms with Crippen molar-refractivity contribution in [1.82, 2.24) is 5.32 Å². The maximum absolute atomic E-state index is 13.1. The number of primary amides is 1. The van der Waals surface area contributed by atoms with E-state index in [-0.39, 0.29) is 23.6 Å². The van der Waals surface area contributed by atoms with Crippen molar-refractivity contribution in [1.29, 1.82) is 0 Å². The number of hydrogen-bond acceptors (Lipinski definition) is 2. The first-order valence-electron chi connectivity index (χ1n) is 7.47. The van der Waals surface area contributed by atoms with Crippen LogP contribution in [0.5, 0.6) is 0 Å². The predicted octanol–water partition coefficient (Wildman–Crippen LogP) is 3.47. The Morgan fingerprint density at radius 1 is 1.12 bits per heavy atom. The lowest BCUT2D eigenvalue weighted by Gasteiger charge is -2.14. The zero-order valence-electron chi connectivity index (χ0n) is 13.4. The Hall–Kier alpha value is -2.68. The Morgan fingerprint density at radius 2 is 1.77 bits per heavy atom. The van der Waals surface area contributed by atoms with Gasteiger partial charge in [-0.25, -0.2) is 4.39 Å². The van der Waals surface area contributed by atoms with Crippen LogP contribution in [0.3, 0.4) is 0 Å². The van der Waals surface area contributed by atoms with Crippen molar-refractivity contribution >= 4 is 28.9 Å². The lowest BCUT2D eigenvalue weighted by Crippen LogP contribution is -2.30. The van der Waals surface area contributed by atoms with Crippen LogP contribution in [0.1, 0.15) is 21.5 Å². The molecule has 0 aromatic heterocycles. The summed E-state index contributed by atoms with van der Waals surface area (Å²) in [6, 6.07) is 8.79. The lowest BCUT2D eigenvalue weighted by molar-refractivity contribution is -0.138. The van der Waals surface area contributed by atoms with Crippen molar-refractivity contribution in [3.63, 3.8) is 0 Å². The number of nitrogens with two attached hydrogens (primary N) is 1. The molecule has 0 aliphatic rings. The first-order chi connectivity index (χ1) is 12.2. The number of hydrogen-bond donors (Lipinski definition) is 3. The summed E-state index contributed by atoms with van der Waals surface area (Å²) in [5.74, 6) is -1.50. The molecular formula is C17H15F4N3OS. The van der Waals surface area contributed by atoms with Crippen molar-refractivity contribution in [2.24, 2.45) is 5.73 Å². The Balaban J connectivity index is 1.91. The van der Waals surface area contributed by atoms with Crippen molar-refractivity contribution in [2.45, 2.75) is 12.6 Å². The predicted molar refractivity (Wildman–Crippen MR) is 94.3 cm³/mol. The standard InChI is InChI=1S/C17H15F4N3OS/c18-12-4-1-10(14(9-12)17(19,20)21)7-8-23-16(26)24-13-5-2-11(3-6-13)15(22)25/h1-6,9H,7-8H2,(H2,22,25)(H2,23,24,26). The van der Waals surface area contributed by atoms with Crippen LogP contribution in [0.15, 0.2) is 42.5 Å². The molecule has 138 valence electrons. The molecule has 0 heterocycles. The fraction of sp³-hybridized carbons (Fsp3) is 0.176. The quantitative estimate of drug-likeness (QED) is 0.545. The van der Waals surface area contributed by atoms with E-state index >= 15 is 0 Å². The van der Waals surface area contributed by atoms with Crippen molar-refractivity contribution in [3.8, 4) is 0 Å². The summed E-state index contributed by atoms with van der Waals surface area (Å²) in [5.41, 5.74) is 5.04. The van der Waals surface area contributed by atoms with E-state index in [9.17, 15) is 22.4 Å². The maximum Gasteiger partial charge on any atom is 0.416 e. The van der Waals surface area contributed by atoms with Gasteiger partial charge in [-0.05, 0) is 60.6 Å². The molecule has 0 fully saturated rings. The molecule has 2 rings (SSSR count). The molecule has 0 aliphatic carbocycles. The van der Waals surface area contributed by atoms with E-state index in [2.05, 4.69) is 10.6 Å². The summed E-state index contributed by atoms with van der Waals surface area (Å²) in [7, 11) is 0. The molecule has 9 heteroatoms. The minimum absolute atomic E-state index is 0.0115. The van der Waals surface area contributed by atoms with Crippen LogP contribution >= 0.6 is 12.2 Å². The van der Waals surface area contributed by atoms with E-state index in [1.807, 2.05) is 0 Å². The first-order valence-corrected chi connectivity index (χ1v) is 7.88. The topological polar surface area (TPSA) is 67.2 Å². The average molecular weight is 385 g/mol. The third-order valence-corrected chi connectivity index (χ3v) is 3.73. The number of anilines is 1. The second-order valence-electron chi connectivity index (χ2n) is 5.37. The summed E-state index contributed by atoms with van der Waals surface area (Å²) in [4.78, 5) is 11.0. The molecule has 0 unspecified atom stereocenters. The lowest BCUT2D eigenvalue weighted by atomic mass is 10.0. The number of thiocarbonyl (C=S) groups is 1. The molecule has 4 nitrogen and oxygen atoms in total. The number of amides is 1. The summed E-state index contributed by atoms with van der Waals surface area (Å²) >= 11 is 5.07. The largest absolute Gasteiger partial charge is 0.416 e. The molecule has 2 aromatic carbocycles. The second-order valence-corrected chi connectivity index (χ2v) is 5.78. The van der Waals surface area contributed by atoms with Crippen molar-refractivity contribution < 1.29 is 22.4 Å². The van der Waals surface area contributed by atoms with E-state index < -0.39 is 23.5 Å². The highest BCUT2D eigenvalue weighted by Gasteiger charge is 2.33. The molecule has 0 aliphatic heterocycles. The van der Waals surface area contributed by atoms with Gasteiger partial charge in [0, 0.05) is 17.8 Å². The molecule has 26 heavy (non-hydrogen) atoms. The van der Waals surface area contributed by atoms with Crippen LogP contribution < -0.4 is 16.4 Å². The molecule has 0 spiro atoms. The number of nitrogens with one attached hydrogen (secondary N) is 2. The smallest absolute Gasteiger partial charge is 0.366 e. The Bertz CT molecular complexity index is 807. The minimum Gasteiger partial charge on any atom is -0.366 e. The van der Waals surface area contributed by atoms with Gasteiger partial charge in [-0.1, -0.05) is 6.07 Å². The van der Waals surface area contributed by atoms with Gasteiger partial charge < -0.3 is 16.4 Å². The van der Waals surface area contributed by atoms with Gasteiger partial charge in [-0.3, -0.25) is 4.79 Å². The van der Waals surface area contributed by atoms with Gasteiger partial charge in [0.2, 0.25) is 5.91 Å². The summed E-state index contributed by atoms with van der Waals surface area (Å²) in [6.45, 7) is 0.125.